The van der Waals surface area contributed by atoms with Crippen molar-refractivity contribution < 1.29 is 9.59 Å². The lowest BCUT2D eigenvalue weighted by molar-refractivity contribution is 0.0792. The van der Waals surface area contributed by atoms with E-state index in [1.54, 1.807) is 0 Å². The molecule has 24 heavy (non-hydrogen) atoms. The van der Waals surface area contributed by atoms with E-state index in [9.17, 15) is 9.59 Å². The van der Waals surface area contributed by atoms with E-state index in [0.29, 0.717) is 6.54 Å². The van der Waals surface area contributed by atoms with E-state index in [4.69, 9.17) is 0 Å². The Morgan fingerprint density at radius 2 is 1.67 bits per heavy atom. The van der Waals surface area contributed by atoms with Gasteiger partial charge in [-0.1, -0.05) is 24.3 Å². The summed E-state index contributed by atoms with van der Waals surface area (Å²) in [7, 11) is 0. The third-order valence-corrected chi connectivity index (χ3v) is 4.89. The zero-order valence-electron chi connectivity index (χ0n) is 13.5. The summed E-state index contributed by atoms with van der Waals surface area (Å²) >= 11 is 0. The highest BCUT2D eigenvalue weighted by Crippen LogP contribution is 2.25. The number of hydrogen-bond acceptors (Lipinski definition) is 2. The van der Waals surface area contributed by atoms with E-state index < -0.39 is 0 Å². The van der Waals surface area contributed by atoms with Gasteiger partial charge in [0.2, 0.25) is 0 Å². The van der Waals surface area contributed by atoms with Gasteiger partial charge in [-0.05, 0) is 54.2 Å². The SMILES string of the molecule is O=C1NCCc2cc(-c3ccc(C(=O)N4CCCC4)cc3)ccc21. The summed E-state index contributed by atoms with van der Waals surface area (Å²) in [6.07, 6.45) is 3.07. The summed E-state index contributed by atoms with van der Waals surface area (Å²) in [6.45, 7) is 2.43. The molecule has 0 spiro atoms. The van der Waals surface area contributed by atoms with Crippen molar-refractivity contribution >= 4 is 11.8 Å². The van der Waals surface area contributed by atoms with Gasteiger partial charge in [-0.15, -0.1) is 0 Å². The first-order valence-corrected chi connectivity index (χ1v) is 8.53. The largest absolute Gasteiger partial charge is 0.352 e. The molecule has 1 saturated heterocycles. The molecule has 1 N–H and O–H groups in total. The van der Waals surface area contributed by atoms with Crippen LogP contribution in [0.3, 0.4) is 0 Å². The Hall–Kier alpha value is -2.62. The molecule has 0 aromatic heterocycles. The summed E-state index contributed by atoms with van der Waals surface area (Å²) < 4.78 is 0. The molecule has 4 rings (SSSR count). The second kappa shape index (κ2) is 6.11. The van der Waals surface area contributed by atoms with Crippen LogP contribution in [-0.4, -0.2) is 36.3 Å². The topological polar surface area (TPSA) is 49.4 Å². The maximum atomic E-state index is 12.4. The molecule has 2 aromatic carbocycles. The predicted octanol–water partition coefficient (Wildman–Crippen LogP) is 2.88. The van der Waals surface area contributed by atoms with Crippen molar-refractivity contribution in [2.24, 2.45) is 0 Å². The van der Waals surface area contributed by atoms with Crippen molar-refractivity contribution in [3.63, 3.8) is 0 Å². The van der Waals surface area contributed by atoms with Crippen LogP contribution < -0.4 is 5.32 Å². The first kappa shape index (κ1) is 14.9. The normalized spacial score (nSPS) is 16.7. The third kappa shape index (κ3) is 2.68. The summed E-state index contributed by atoms with van der Waals surface area (Å²) in [5, 5.41) is 2.86. The van der Waals surface area contributed by atoms with Gasteiger partial charge < -0.3 is 10.2 Å². The summed E-state index contributed by atoms with van der Waals surface area (Å²) in [6, 6.07) is 13.8. The van der Waals surface area contributed by atoms with Crippen molar-refractivity contribution in [2.45, 2.75) is 19.3 Å². The van der Waals surface area contributed by atoms with E-state index in [1.165, 1.54) is 0 Å². The molecule has 2 amide bonds. The molecule has 2 aliphatic rings. The molecule has 1 fully saturated rings. The number of hydrogen-bond donors (Lipinski definition) is 1. The smallest absolute Gasteiger partial charge is 0.253 e. The van der Waals surface area contributed by atoms with E-state index >= 15 is 0 Å². The average molecular weight is 320 g/mol. The van der Waals surface area contributed by atoms with E-state index in [2.05, 4.69) is 11.4 Å². The summed E-state index contributed by atoms with van der Waals surface area (Å²) in [4.78, 5) is 26.2. The van der Waals surface area contributed by atoms with E-state index in [-0.39, 0.29) is 11.8 Å². The maximum absolute atomic E-state index is 12.4. The van der Waals surface area contributed by atoms with Gasteiger partial charge in [0.05, 0.1) is 0 Å². The Morgan fingerprint density at radius 3 is 2.42 bits per heavy atom. The molecular weight excluding hydrogens is 300 g/mol. The number of rotatable bonds is 2. The Labute approximate surface area is 141 Å². The van der Waals surface area contributed by atoms with Crippen LogP contribution in [0.25, 0.3) is 11.1 Å². The van der Waals surface area contributed by atoms with Crippen molar-refractivity contribution in [1.82, 2.24) is 10.2 Å². The van der Waals surface area contributed by atoms with Crippen LogP contribution in [0.15, 0.2) is 42.5 Å². The van der Waals surface area contributed by atoms with Gasteiger partial charge in [0.1, 0.15) is 0 Å². The molecule has 2 aromatic rings. The predicted molar refractivity (Wildman–Crippen MR) is 93.1 cm³/mol. The minimum atomic E-state index is 0.00866. The fourth-order valence-corrected chi connectivity index (χ4v) is 3.52. The lowest BCUT2D eigenvalue weighted by atomic mass is 9.94. The van der Waals surface area contributed by atoms with Gasteiger partial charge in [-0.2, -0.15) is 0 Å². The lowest BCUT2D eigenvalue weighted by Gasteiger charge is -2.17. The van der Waals surface area contributed by atoms with Crippen LogP contribution >= 0.6 is 0 Å². The Kier molecular flexibility index (Phi) is 3.81. The van der Waals surface area contributed by atoms with Crippen LogP contribution in [0.4, 0.5) is 0 Å². The molecule has 0 aliphatic carbocycles. The van der Waals surface area contributed by atoms with Crippen molar-refractivity contribution in [2.75, 3.05) is 19.6 Å². The van der Waals surface area contributed by atoms with Crippen molar-refractivity contribution in [3.05, 3.63) is 59.2 Å². The standard InChI is InChI=1S/C20H20N2O2/c23-19-18-8-7-16(13-17(18)9-10-21-19)14-3-5-15(6-4-14)20(24)22-11-1-2-12-22/h3-8,13H,1-2,9-12H2,(H,21,23). The zero-order valence-corrected chi connectivity index (χ0v) is 13.5. The molecule has 2 aliphatic heterocycles. The molecule has 0 atom stereocenters. The molecule has 0 radical (unpaired) electrons. The summed E-state index contributed by atoms with van der Waals surface area (Å²) in [5.41, 5.74) is 4.77. The average Bonchev–Trinajstić information content (AvgIpc) is 3.16. The molecule has 4 heteroatoms. The van der Waals surface area contributed by atoms with E-state index in [0.717, 1.165) is 60.2 Å². The number of carbonyl (C=O) groups excluding carboxylic acids is 2. The fourth-order valence-electron chi connectivity index (χ4n) is 3.52. The molecule has 4 nitrogen and oxygen atoms in total. The number of fused-ring (bicyclic) bond motifs is 1. The Bertz CT molecular complexity index is 790. The number of nitrogens with zero attached hydrogens (tertiary/aromatic N) is 1. The zero-order chi connectivity index (χ0) is 16.5. The summed E-state index contributed by atoms with van der Waals surface area (Å²) in [5.74, 6) is 0.135. The highest BCUT2D eigenvalue weighted by atomic mass is 16.2. The van der Waals surface area contributed by atoms with Crippen LogP contribution in [-0.2, 0) is 6.42 Å². The van der Waals surface area contributed by atoms with Crippen LogP contribution in [0.5, 0.6) is 0 Å². The maximum Gasteiger partial charge on any atom is 0.253 e. The van der Waals surface area contributed by atoms with Crippen LogP contribution in [0.2, 0.25) is 0 Å². The number of nitrogens with one attached hydrogen (secondary N) is 1. The van der Waals surface area contributed by atoms with Gasteiger partial charge in [0, 0.05) is 30.8 Å². The molecule has 122 valence electrons. The molecule has 0 unspecified atom stereocenters. The number of likely N-dealkylation sites (tertiary alicyclic amines) is 1. The first-order chi connectivity index (χ1) is 11.7. The van der Waals surface area contributed by atoms with Crippen molar-refractivity contribution in [1.29, 1.82) is 0 Å². The number of benzene rings is 2. The lowest BCUT2D eigenvalue weighted by Crippen LogP contribution is -2.31. The fraction of sp³-hybridized carbons (Fsp3) is 0.300. The van der Waals surface area contributed by atoms with Gasteiger partial charge in [0.15, 0.2) is 0 Å². The highest BCUT2D eigenvalue weighted by molar-refractivity contribution is 5.97. The van der Waals surface area contributed by atoms with Crippen molar-refractivity contribution in [3.8, 4) is 11.1 Å². The van der Waals surface area contributed by atoms with Crippen LogP contribution in [0.1, 0.15) is 39.1 Å². The van der Waals surface area contributed by atoms with E-state index in [1.807, 2.05) is 41.3 Å². The monoisotopic (exact) mass is 320 g/mol. The Morgan fingerprint density at radius 1 is 0.958 bits per heavy atom. The minimum Gasteiger partial charge on any atom is -0.352 e. The second-order valence-electron chi connectivity index (χ2n) is 6.45. The number of amides is 2. The third-order valence-electron chi connectivity index (χ3n) is 4.89. The molecular formula is C20H20N2O2. The molecule has 0 bridgehead atoms. The van der Waals surface area contributed by atoms with Gasteiger partial charge in [0.25, 0.3) is 11.8 Å². The number of carbonyl (C=O) groups is 2. The first-order valence-electron chi connectivity index (χ1n) is 8.53. The minimum absolute atomic E-state index is 0.00866. The van der Waals surface area contributed by atoms with Crippen LogP contribution in [0, 0.1) is 0 Å². The molecule has 2 heterocycles. The molecule has 0 saturated carbocycles. The quantitative estimate of drug-likeness (QED) is 0.925. The Balaban J connectivity index is 1.59. The van der Waals surface area contributed by atoms with Gasteiger partial charge >= 0.3 is 0 Å². The van der Waals surface area contributed by atoms with Gasteiger partial charge in [-0.25, -0.2) is 0 Å². The second-order valence-corrected chi connectivity index (χ2v) is 6.45. The highest BCUT2D eigenvalue weighted by Gasteiger charge is 2.20. The van der Waals surface area contributed by atoms with Gasteiger partial charge in [-0.3, -0.25) is 9.59 Å².